The van der Waals surface area contributed by atoms with E-state index in [2.05, 4.69) is 4.98 Å². The van der Waals surface area contributed by atoms with Crippen LogP contribution in [0.4, 0.5) is 37.4 Å². The molecule has 0 saturated carbocycles. The first kappa shape index (κ1) is 15.7. The molecule has 5 nitrogen and oxygen atoms in total. The summed E-state index contributed by atoms with van der Waals surface area (Å²) in [6.45, 7) is 0. The minimum Gasteiger partial charge on any atom is -0.418 e. The molecular weight excluding hydrogens is 271 g/mol. The van der Waals surface area contributed by atoms with Crippen molar-refractivity contribution in [2.24, 2.45) is 0 Å². The van der Waals surface area contributed by atoms with Crippen molar-refractivity contribution in [2.75, 3.05) is 0 Å². The fraction of sp³-hybridized carbons (Fsp3) is 0. The molecule has 0 aliphatic heterocycles. The molecule has 0 aliphatic rings. The van der Waals surface area contributed by atoms with E-state index in [1.807, 2.05) is 0 Å². The maximum atomic E-state index is 12.7. The molecule has 0 radical (unpaired) electrons. The number of hydrogen-bond acceptors (Lipinski definition) is 3. The summed E-state index contributed by atoms with van der Waals surface area (Å²) in [6.07, 6.45) is 0. The summed E-state index contributed by atoms with van der Waals surface area (Å²) in [7, 11) is -6.00. The Morgan fingerprint density at radius 3 is 2.00 bits per heavy atom. The molecule has 0 unspecified atom stereocenters. The summed E-state index contributed by atoms with van der Waals surface area (Å²) in [5, 5.41) is 18.4. The van der Waals surface area contributed by atoms with E-state index in [4.69, 9.17) is 5.39 Å². The Balaban J connectivity index is 0.000000494. The van der Waals surface area contributed by atoms with Gasteiger partial charge in [-0.05, 0) is 6.07 Å². The first-order valence-electron chi connectivity index (χ1n) is 3.92. The van der Waals surface area contributed by atoms with Gasteiger partial charge in [0, 0.05) is 6.07 Å². The number of diazo groups is 1. The third-order valence-electron chi connectivity index (χ3n) is 1.34. The van der Waals surface area contributed by atoms with Crippen molar-refractivity contribution < 1.29 is 31.0 Å². The van der Waals surface area contributed by atoms with E-state index < -0.39 is 35.2 Å². The fourth-order valence-corrected chi connectivity index (χ4v) is 0.772. The number of nitro benzene ring substituents is 1. The standard InChI is InChI=1S/C6H2F2N3O2.BF4/c7-3-1-2-4(11(12)13)6(10-9)5(3)8;2-1(3,4)5/h1-2H;/q+1;-1. The van der Waals surface area contributed by atoms with Gasteiger partial charge in [0.05, 0.1) is 4.92 Å². The first-order chi connectivity index (χ1) is 8.07. The van der Waals surface area contributed by atoms with Crippen LogP contribution in [0.5, 0.6) is 0 Å². The summed E-state index contributed by atoms with van der Waals surface area (Å²) in [4.78, 5) is 11.5. The second-order valence-corrected chi connectivity index (χ2v) is 2.58. The third-order valence-corrected chi connectivity index (χ3v) is 1.34. The van der Waals surface area contributed by atoms with Crippen molar-refractivity contribution in [3.05, 3.63) is 38.9 Å². The zero-order valence-corrected chi connectivity index (χ0v) is 8.16. The molecule has 0 amide bonds. The topological polar surface area (TPSA) is 71.3 Å². The lowest BCUT2D eigenvalue weighted by molar-refractivity contribution is -0.384. The Kier molecular flexibility index (Phi) is 5.10. The predicted octanol–water partition coefficient (Wildman–Crippen LogP) is 3.66. The van der Waals surface area contributed by atoms with Gasteiger partial charge in [-0.15, -0.1) is 0 Å². The summed E-state index contributed by atoms with van der Waals surface area (Å²) < 4.78 is 64.1. The Bertz CT molecular complexity index is 493. The SMILES string of the molecule is F[B-](F)(F)F.N#[N+]c1c([N+](=O)[O-])ccc(F)c1F. The van der Waals surface area contributed by atoms with Gasteiger partial charge < -0.3 is 17.3 Å². The smallest absolute Gasteiger partial charge is 0.418 e. The van der Waals surface area contributed by atoms with Gasteiger partial charge in [0.15, 0.2) is 10.8 Å². The van der Waals surface area contributed by atoms with Gasteiger partial charge in [-0.2, -0.15) is 4.39 Å². The maximum absolute atomic E-state index is 12.7. The van der Waals surface area contributed by atoms with E-state index in [1.54, 1.807) is 0 Å². The van der Waals surface area contributed by atoms with Gasteiger partial charge >= 0.3 is 18.6 Å². The number of nitrogens with zero attached hydrogens (tertiary/aromatic N) is 3. The van der Waals surface area contributed by atoms with Gasteiger partial charge in [0.2, 0.25) is 5.39 Å². The Labute approximate surface area is 94.9 Å². The monoisotopic (exact) mass is 273 g/mol. The molecule has 1 aromatic carbocycles. The molecule has 0 spiro atoms. The zero-order valence-electron chi connectivity index (χ0n) is 8.16. The average Bonchev–Trinajstić information content (AvgIpc) is 2.18. The van der Waals surface area contributed by atoms with Crippen molar-refractivity contribution in [1.82, 2.24) is 0 Å². The third kappa shape index (κ3) is 5.15. The van der Waals surface area contributed by atoms with Crippen LogP contribution in [0.15, 0.2) is 12.1 Å². The van der Waals surface area contributed by atoms with Crippen LogP contribution in [0.1, 0.15) is 0 Å². The van der Waals surface area contributed by atoms with Crippen molar-refractivity contribution in [3.8, 4) is 0 Å². The number of nitro groups is 1. The van der Waals surface area contributed by atoms with Crippen LogP contribution in [-0.4, -0.2) is 12.2 Å². The molecule has 0 saturated heterocycles. The highest BCUT2D eigenvalue weighted by Gasteiger charge is 2.32. The molecule has 0 N–H and O–H groups in total. The normalized spacial score (nSPS) is 10.1. The highest BCUT2D eigenvalue weighted by Crippen LogP contribution is 2.31. The van der Waals surface area contributed by atoms with Crippen molar-refractivity contribution in [3.63, 3.8) is 0 Å². The van der Waals surface area contributed by atoms with Crippen LogP contribution in [-0.2, 0) is 0 Å². The molecule has 1 rings (SSSR count). The zero-order chi connectivity index (χ0) is 14.5. The van der Waals surface area contributed by atoms with Gasteiger partial charge in [-0.1, -0.05) is 0 Å². The maximum Gasteiger partial charge on any atom is 0.673 e. The molecule has 12 heteroatoms. The van der Waals surface area contributed by atoms with E-state index in [1.165, 1.54) is 0 Å². The van der Waals surface area contributed by atoms with Crippen molar-refractivity contribution >= 4 is 18.6 Å². The molecular formula is C6H2BF6N3O2. The summed E-state index contributed by atoms with van der Waals surface area (Å²) >= 11 is 0. The molecule has 0 aromatic heterocycles. The quantitative estimate of drug-likeness (QED) is 0.257. The lowest BCUT2D eigenvalue weighted by Crippen LogP contribution is -2.02. The second kappa shape index (κ2) is 5.85. The van der Waals surface area contributed by atoms with E-state index in [-0.39, 0.29) is 0 Å². The minimum absolute atomic E-state index is 0.585. The Hall–Kier alpha value is -2.32. The molecule has 0 aliphatic carbocycles. The molecule has 0 atom stereocenters. The second-order valence-electron chi connectivity index (χ2n) is 2.58. The lowest BCUT2D eigenvalue weighted by Gasteiger charge is -1.94. The predicted molar refractivity (Wildman–Crippen MR) is 47.9 cm³/mol. The van der Waals surface area contributed by atoms with Crippen molar-refractivity contribution in [2.45, 2.75) is 0 Å². The van der Waals surface area contributed by atoms with Crippen LogP contribution >= 0.6 is 0 Å². The molecule has 18 heavy (non-hydrogen) atoms. The molecule has 1 aromatic rings. The van der Waals surface area contributed by atoms with E-state index in [0.717, 1.165) is 0 Å². The van der Waals surface area contributed by atoms with Gasteiger partial charge in [0.1, 0.15) is 0 Å². The van der Waals surface area contributed by atoms with Gasteiger partial charge in [-0.3, -0.25) is 10.1 Å². The number of halogens is 6. The lowest BCUT2D eigenvalue weighted by atomic mass is 10.2. The molecule has 0 heterocycles. The highest BCUT2D eigenvalue weighted by molar-refractivity contribution is 6.50. The Morgan fingerprint density at radius 1 is 1.22 bits per heavy atom. The summed E-state index contributed by atoms with van der Waals surface area (Å²) in [5.74, 6) is -2.85. The number of hydrogen-bond donors (Lipinski definition) is 0. The van der Waals surface area contributed by atoms with Crippen LogP contribution in [0.3, 0.4) is 0 Å². The number of rotatable bonds is 1. The first-order valence-corrected chi connectivity index (χ1v) is 3.92. The Morgan fingerprint density at radius 2 is 1.67 bits per heavy atom. The average molecular weight is 273 g/mol. The van der Waals surface area contributed by atoms with Gasteiger partial charge in [0.25, 0.3) is 5.82 Å². The fourth-order valence-electron chi connectivity index (χ4n) is 0.772. The minimum atomic E-state index is -6.00. The van der Waals surface area contributed by atoms with Crippen LogP contribution in [0.25, 0.3) is 4.98 Å². The highest BCUT2D eigenvalue weighted by atomic mass is 19.5. The van der Waals surface area contributed by atoms with Gasteiger partial charge in [-0.25, -0.2) is 4.39 Å². The van der Waals surface area contributed by atoms with Crippen LogP contribution in [0.2, 0.25) is 0 Å². The van der Waals surface area contributed by atoms with E-state index in [0.29, 0.717) is 12.1 Å². The van der Waals surface area contributed by atoms with E-state index >= 15 is 0 Å². The number of benzene rings is 1. The molecule has 0 bridgehead atoms. The molecule has 98 valence electrons. The summed E-state index contributed by atoms with van der Waals surface area (Å²) in [6, 6.07) is 1.30. The molecule has 0 fully saturated rings. The summed E-state index contributed by atoms with van der Waals surface area (Å²) in [5.41, 5.74) is -1.80. The van der Waals surface area contributed by atoms with Crippen LogP contribution in [0, 0.1) is 27.1 Å². The van der Waals surface area contributed by atoms with Crippen LogP contribution < -0.4 is 0 Å². The van der Waals surface area contributed by atoms with Crippen molar-refractivity contribution in [1.29, 1.82) is 5.39 Å². The van der Waals surface area contributed by atoms with E-state index in [9.17, 15) is 36.2 Å². The largest absolute Gasteiger partial charge is 0.673 e.